The molecule has 21 heavy (non-hydrogen) atoms. The summed E-state index contributed by atoms with van der Waals surface area (Å²) in [6.45, 7) is 4.62. The minimum Gasteiger partial charge on any atom is -0.311 e. The smallest absolute Gasteiger partial charge is 0.127 e. The van der Waals surface area contributed by atoms with Crippen LogP contribution in [0.1, 0.15) is 16.7 Å². The van der Waals surface area contributed by atoms with Gasteiger partial charge in [0.1, 0.15) is 5.82 Å². The molecule has 1 aliphatic rings. The number of halogens is 1. The summed E-state index contributed by atoms with van der Waals surface area (Å²) in [5.41, 5.74) is 3.66. The monoisotopic (exact) mass is 284 g/mol. The van der Waals surface area contributed by atoms with Crippen LogP contribution in [0.5, 0.6) is 0 Å². The third-order valence-corrected chi connectivity index (χ3v) is 4.09. The molecule has 0 fully saturated rings. The van der Waals surface area contributed by atoms with E-state index in [0.29, 0.717) is 6.54 Å². The van der Waals surface area contributed by atoms with E-state index in [-0.39, 0.29) is 5.82 Å². The summed E-state index contributed by atoms with van der Waals surface area (Å²) in [6, 6.07) is 15.6. The molecule has 1 N–H and O–H groups in total. The van der Waals surface area contributed by atoms with Crippen LogP contribution in [-0.4, -0.2) is 24.5 Å². The van der Waals surface area contributed by atoms with E-state index in [1.165, 1.54) is 17.2 Å². The Hall–Kier alpha value is -1.71. The molecule has 0 saturated carbocycles. The van der Waals surface area contributed by atoms with Gasteiger partial charge in [-0.25, -0.2) is 4.39 Å². The molecule has 2 aromatic rings. The summed E-state index contributed by atoms with van der Waals surface area (Å²) in [7, 11) is 0. The fourth-order valence-electron chi connectivity index (χ4n) is 2.85. The maximum atomic E-state index is 13.5. The molecule has 3 rings (SSSR count). The summed E-state index contributed by atoms with van der Waals surface area (Å²) in [6.07, 6.45) is 1.13. The Balaban J connectivity index is 1.44. The van der Waals surface area contributed by atoms with Crippen molar-refractivity contribution in [2.75, 3.05) is 19.6 Å². The highest BCUT2D eigenvalue weighted by Gasteiger charge is 2.14. The van der Waals surface area contributed by atoms with Gasteiger partial charge in [-0.3, -0.25) is 4.90 Å². The number of nitrogens with one attached hydrogen (secondary N) is 1. The lowest BCUT2D eigenvalue weighted by atomic mass is 10.00. The number of nitrogens with zero attached hydrogens (tertiary/aromatic N) is 1. The van der Waals surface area contributed by atoms with Crippen LogP contribution >= 0.6 is 0 Å². The zero-order valence-electron chi connectivity index (χ0n) is 12.2. The lowest BCUT2D eigenvalue weighted by Crippen LogP contribution is -2.36. The van der Waals surface area contributed by atoms with Crippen molar-refractivity contribution >= 4 is 0 Å². The third-order valence-electron chi connectivity index (χ3n) is 4.09. The van der Waals surface area contributed by atoms with Crippen LogP contribution in [0, 0.1) is 5.82 Å². The molecule has 1 aliphatic heterocycles. The van der Waals surface area contributed by atoms with Gasteiger partial charge < -0.3 is 5.32 Å². The van der Waals surface area contributed by atoms with Gasteiger partial charge in [0.05, 0.1) is 0 Å². The highest BCUT2D eigenvalue weighted by molar-refractivity contribution is 5.29. The number of rotatable bonds is 5. The van der Waals surface area contributed by atoms with Crippen LogP contribution in [0.2, 0.25) is 0 Å². The number of fused-ring (bicyclic) bond motifs is 1. The number of benzene rings is 2. The zero-order chi connectivity index (χ0) is 14.5. The second-order valence-corrected chi connectivity index (χ2v) is 5.56. The first-order chi connectivity index (χ1) is 10.3. The minimum atomic E-state index is -0.128. The molecule has 0 amide bonds. The Morgan fingerprint density at radius 3 is 2.62 bits per heavy atom. The molecule has 0 bridgehead atoms. The average molecular weight is 284 g/mol. The normalized spacial score (nSPS) is 14.9. The van der Waals surface area contributed by atoms with Crippen molar-refractivity contribution in [2.45, 2.75) is 19.5 Å². The summed E-state index contributed by atoms with van der Waals surface area (Å²) in [5.74, 6) is -0.128. The van der Waals surface area contributed by atoms with Gasteiger partial charge in [0, 0.05) is 38.3 Å². The Labute approximate surface area is 125 Å². The van der Waals surface area contributed by atoms with Crippen molar-refractivity contribution in [3.05, 3.63) is 71.0 Å². The van der Waals surface area contributed by atoms with Crippen LogP contribution in [0.4, 0.5) is 4.39 Å². The van der Waals surface area contributed by atoms with E-state index >= 15 is 0 Å². The second-order valence-electron chi connectivity index (χ2n) is 5.56. The molecule has 0 atom stereocenters. The Morgan fingerprint density at radius 1 is 1.00 bits per heavy atom. The minimum absolute atomic E-state index is 0.128. The van der Waals surface area contributed by atoms with E-state index in [4.69, 9.17) is 0 Å². The Kier molecular flexibility index (Phi) is 4.63. The lowest BCUT2D eigenvalue weighted by Gasteiger charge is -2.28. The van der Waals surface area contributed by atoms with Crippen LogP contribution in [-0.2, 0) is 19.5 Å². The maximum absolute atomic E-state index is 13.5. The molecular weight excluding hydrogens is 263 g/mol. The Morgan fingerprint density at radius 2 is 1.76 bits per heavy atom. The molecule has 2 nitrogen and oxygen atoms in total. The van der Waals surface area contributed by atoms with Crippen LogP contribution in [0.3, 0.4) is 0 Å². The molecule has 0 radical (unpaired) electrons. The van der Waals surface area contributed by atoms with Crippen LogP contribution in [0.25, 0.3) is 0 Å². The highest BCUT2D eigenvalue weighted by atomic mass is 19.1. The van der Waals surface area contributed by atoms with Gasteiger partial charge in [-0.2, -0.15) is 0 Å². The fourth-order valence-corrected chi connectivity index (χ4v) is 2.85. The molecule has 2 aromatic carbocycles. The molecular formula is C18H21FN2. The number of hydrogen-bond donors (Lipinski definition) is 1. The van der Waals surface area contributed by atoms with E-state index in [9.17, 15) is 4.39 Å². The van der Waals surface area contributed by atoms with E-state index in [0.717, 1.165) is 38.2 Å². The van der Waals surface area contributed by atoms with Gasteiger partial charge in [-0.05, 0) is 23.6 Å². The third kappa shape index (κ3) is 3.69. The van der Waals surface area contributed by atoms with E-state index < -0.39 is 0 Å². The topological polar surface area (TPSA) is 15.3 Å². The van der Waals surface area contributed by atoms with Gasteiger partial charge in [-0.1, -0.05) is 42.5 Å². The highest BCUT2D eigenvalue weighted by Crippen LogP contribution is 2.17. The van der Waals surface area contributed by atoms with Gasteiger partial charge >= 0.3 is 0 Å². The summed E-state index contributed by atoms with van der Waals surface area (Å²) in [5, 5.41) is 3.33. The summed E-state index contributed by atoms with van der Waals surface area (Å²) < 4.78 is 13.5. The predicted molar refractivity (Wildman–Crippen MR) is 83.5 cm³/mol. The van der Waals surface area contributed by atoms with Crippen molar-refractivity contribution in [3.63, 3.8) is 0 Å². The van der Waals surface area contributed by atoms with Crippen molar-refractivity contribution in [3.8, 4) is 0 Å². The van der Waals surface area contributed by atoms with Crippen molar-refractivity contribution in [1.82, 2.24) is 10.2 Å². The molecule has 0 aromatic heterocycles. The molecule has 0 aliphatic carbocycles. The van der Waals surface area contributed by atoms with Crippen molar-refractivity contribution in [2.24, 2.45) is 0 Å². The van der Waals surface area contributed by atoms with E-state index in [1.807, 2.05) is 12.1 Å². The first-order valence-corrected chi connectivity index (χ1v) is 7.56. The van der Waals surface area contributed by atoms with Crippen molar-refractivity contribution in [1.29, 1.82) is 0 Å². The Bertz CT molecular complexity index is 597. The standard InChI is InChI=1S/C18H21FN2/c19-18-8-4-3-6-16(18)13-20-10-12-21-11-9-15-5-1-2-7-17(15)14-21/h1-8,20H,9-14H2. The first kappa shape index (κ1) is 14.2. The van der Waals surface area contributed by atoms with Crippen molar-refractivity contribution < 1.29 is 4.39 Å². The average Bonchev–Trinajstić information content (AvgIpc) is 2.53. The molecule has 1 heterocycles. The molecule has 0 spiro atoms. The fraction of sp³-hybridized carbons (Fsp3) is 0.333. The molecule has 0 saturated heterocycles. The summed E-state index contributed by atoms with van der Waals surface area (Å²) >= 11 is 0. The largest absolute Gasteiger partial charge is 0.311 e. The molecule has 0 unspecified atom stereocenters. The maximum Gasteiger partial charge on any atom is 0.127 e. The zero-order valence-corrected chi connectivity index (χ0v) is 12.2. The predicted octanol–water partition coefficient (Wildman–Crippen LogP) is 2.97. The van der Waals surface area contributed by atoms with Gasteiger partial charge in [-0.15, -0.1) is 0 Å². The lowest BCUT2D eigenvalue weighted by molar-refractivity contribution is 0.253. The molecule has 110 valence electrons. The summed E-state index contributed by atoms with van der Waals surface area (Å²) in [4.78, 5) is 2.46. The molecule has 3 heteroatoms. The second kappa shape index (κ2) is 6.83. The SMILES string of the molecule is Fc1ccccc1CNCCN1CCc2ccccc2C1. The quantitative estimate of drug-likeness (QED) is 0.849. The van der Waals surface area contributed by atoms with Crippen LogP contribution in [0.15, 0.2) is 48.5 Å². The van der Waals surface area contributed by atoms with Gasteiger partial charge in [0.2, 0.25) is 0 Å². The van der Waals surface area contributed by atoms with Crippen LogP contribution < -0.4 is 5.32 Å². The number of hydrogen-bond acceptors (Lipinski definition) is 2. The van der Waals surface area contributed by atoms with E-state index in [1.54, 1.807) is 6.07 Å². The van der Waals surface area contributed by atoms with E-state index in [2.05, 4.69) is 34.5 Å². The first-order valence-electron chi connectivity index (χ1n) is 7.56. The van der Waals surface area contributed by atoms with Gasteiger partial charge in [0.25, 0.3) is 0 Å². The van der Waals surface area contributed by atoms with Gasteiger partial charge in [0.15, 0.2) is 0 Å².